The zero-order chi connectivity index (χ0) is 15.1. The van der Waals surface area contributed by atoms with Crippen LogP contribution in [0.2, 0.25) is 0 Å². The van der Waals surface area contributed by atoms with E-state index in [2.05, 4.69) is 17.4 Å². The van der Waals surface area contributed by atoms with Crippen molar-refractivity contribution in [3.05, 3.63) is 35.9 Å². The molecule has 21 heavy (non-hydrogen) atoms. The van der Waals surface area contributed by atoms with Crippen LogP contribution in [-0.4, -0.2) is 41.6 Å². The summed E-state index contributed by atoms with van der Waals surface area (Å²) < 4.78 is 0. The van der Waals surface area contributed by atoms with Crippen molar-refractivity contribution in [2.45, 2.75) is 31.6 Å². The van der Waals surface area contributed by atoms with Crippen LogP contribution in [0.4, 0.5) is 0 Å². The SMILES string of the molecule is CC(=O)N1CCC(NC(=O)CSCc2ccccc2)CC1. The van der Waals surface area contributed by atoms with E-state index < -0.39 is 0 Å². The maximum Gasteiger partial charge on any atom is 0.230 e. The van der Waals surface area contributed by atoms with Crippen LogP contribution in [0, 0.1) is 0 Å². The lowest BCUT2D eigenvalue weighted by molar-refractivity contribution is -0.130. The van der Waals surface area contributed by atoms with Gasteiger partial charge in [0, 0.05) is 31.8 Å². The summed E-state index contributed by atoms with van der Waals surface area (Å²) in [5, 5.41) is 3.07. The Bertz CT molecular complexity index is 470. The minimum Gasteiger partial charge on any atom is -0.353 e. The summed E-state index contributed by atoms with van der Waals surface area (Å²) in [4.78, 5) is 25.0. The van der Waals surface area contributed by atoms with Gasteiger partial charge in [-0.25, -0.2) is 0 Å². The summed E-state index contributed by atoms with van der Waals surface area (Å²) in [6, 6.07) is 10.4. The van der Waals surface area contributed by atoms with Gasteiger partial charge in [-0.05, 0) is 18.4 Å². The van der Waals surface area contributed by atoms with Crippen LogP contribution in [0.1, 0.15) is 25.3 Å². The first kappa shape index (κ1) is 15.9. The lowest BCUT2D eigenvalue weighted by atomic mass is 10.1. The van der Waals surface area contributed by atoms with Gasteiger partial charge in [0.05, 0.1) is 5.75 Å². The van der Waals surface area contributed by atoms with E-state index in [4.69, 9.17) is 0 Å². The molecule has 4 nitrogen and oxygen atoms in total. The van der Waals surface area contributed by atoms with Crippen molar-refractivity contribution >= 4 is 23.6 Å². The van der Waals surface area contributed by atoms with Gasteiger partial charge in [-0.1, -0.05) is 30.3 Å². The predicted molar refractivity (Wildman–Crippen MR) is 86.0 cm³/mol. The maximum absolute atomic E-state index is 11.9. The summed E-state index contributed by atoms with van der Waals surface area (Å²) in [7, 11) is 0. The number of hydrogen-bond acceptors (Lipinski definition) is 3. The molecule has 0 bridgehead atoms. The molecule has 1 aromatic carbocycles. The minimum atomic E-state index is 0.0946. The van der Waals surface area contributed by atoms with Gasteiger partial charge >= 0.3 is 0 Å². The van der Waals surface area contributed by atoms with Crippen molar-refractivity contribution in [2.75, 3.05) is 18.8 Å². The normalized spacial score (nSPS) is 15.8. The third kappa shape index (κ3) is 5.42. The number of nitrogens with zero attached hydrogens (tertiary/aromatic N) is 1. The monoisotopic (exact) mass is 306 g/mol. The molecule has 2 amide bonds. The summed E-state index contributed by atoms with van der Waals surface area (Å²) >= 11 is 1.63. The lowest BCUT2D eigenvalue weighted by Gasteiger charge is -2.31. The molecular weight excluding hydrogens is 284 g/mol. The Morgan fingerprint density at radius 1 is 1.24 bits per heavy atom. The smallest absolute Gasteiger partial charge is 0.230 e. The highest BCUT2D eigenvalue weighted by atomic mass is 32.2. The molecule has 0 spiro atoms. The molecule has 1 fully saturated rings. The fourth-order valence-electron chi connectivity index (χ4n) is 2.44. The van der Waals surface area contributed by atoms with Crippen molar-refractivity contribution in [1.29, 1.82) is 0 Å². The van der Waals surface area contributed by atoms with Gasteiger partial charge in [0.25, 0.3) is 0 Å². The van der Waals surface area contributed by atoms with E-state index in [0.717, 1.165) is 31.7 Å². The van der Waals surface area contributed by atoms with Gasteiger partial charge in [-0.3, -0.25) is 9.59 Å². The quantitative estimate of drug-likeness (QED) is 0.906. The molecule has 114 valence electrons. The number of carbonyl (C=O) groups is 2. The predicted octanol–water partition coefficient (Wildman–Crippen LogP) is 2.05. The maximum atomic E-state index is 11.9. The Morgan fingerprint density at radius 2 is 1.90 bits per heavy atom. The molecule has 1 heterocycles. The molecule has 0 unspecified atom stereocenters. The summed E-state index contributed by atoms with van der Waals surface area (Å²) in [5.74, 6) is 1.56. The van der Waals surface area contributed by atoms with E-state index in [0.29, 0.717) is 5.75 Å². The fraction of sp³-hybridized carbons (Fsp3) is 0.500. The number of hydrogen-bond donors (Lipinski definition) is 1. The van der Waals surface area contributed by atoms with Crippen LogP contribution < -0.4 is 5.32 Å². The number of rotatable bonds is 5. The highest BCUT2D eigenvalue weighted by Gasteiger charge is 2.21. The van der Waals surface area contributed by atoms with Crippen LogP contribution in [0.25, 0.3) is 0 Å². The average Bonchev–Trinajstić information content (AvgIpc) is 2.49. The van der Waals surface area contributed by atoms with E-state index in [9.17, 15) is 9.59 Å². The highest BCUT2D eigenvalue weighted by molar-refractivity contribution is 7.99. The van der Waals surface area contributed by atoms with E-state index in [1.807, 2.05) is 23.1 Å². The van der Waals surface area contributed by atoms with Crippen LogP contribution in [-0.2, 0) is 15.3 Å². The van der Waals surface area contributed by atoms with Crippen LogP contribution in [0.5, 0.6) is 0 Å². The number of nitrogens with one attached hydrogen (secondary N) is 1. The van der Waals surface area contributed by atoms with E-state index in [1.54, 1.807) is 18.7 Å². The summed E-state index contributed by atoms with van der Waals surface area (Å²) in [5.41, 5.74) is 1.24. The second-order valence-corrected chi connectivity index (χ2v) is 6.31. The molecule has 1 aromatic rings. The number of likely N-dealkylation sites (tertiary alicyclic amines) is 1. The Balaban J connectivity index is 1.63. The third-order valence-corrected chi connectivity index (χ3v) is 4.65. The first-order valence-corrected chi connectivity index (χ1v) is 8.47. The first-order valence-electron chi connectivity index (χ1n) is 7.31. The van der Waals surface area contributed by atoms with Gasteiger partial charge in [0.1, 0.15) is 0 Å². The second kappa shape index (κ2) is 8.08. The fourth-order valence-corrected chi connectivity index (χ4v) is 3.24. The van der Waals surface area contributed by atoms with Gasteiger partial charge in [0.15, 0.2) is 0 Å². The zero-order valence-electron chi connectivity index (χ0n) is 12.4. The summed E-state index contributed by atoms with van der Waals surface area (Å²) in [6.45, 7) is 3.09. The van der Waals surface area contributed by atoms with Gasteiger partial charge in [0.2, 0.25) is 11.8 Å². The van der Waals surface area contributed by atoms with Crippen LogP contribution in [0.15, 0.2) is 30.3 Å². The number of piperidine rings is 1. The highest BCUT2D eigenvalue weighted by Crippen LogP contribution is 2.13. The Labute approximate surface area is 130 Å². The molecular formula is C16H22N2O2S. The molecule has 1 N–H and O–H groups in total. The molecule has 2 rings (SSSR count). The molecule has 1 aliphatic heterocycles. The lowest BCUT2D eigenvalue weighted by Crippen LogP contribution is -2.46. The minimum absolute atomic E-state index is 0.0946. The number of amides is 2. The molecule has 5 heteroatoms. The molecule has 1 saturated heterocycles. The molecule has 0 aliphatic carbocycles. The molecule has 0 saturated carbocycles. The topological polar surface area (TPSA) is 49.4 Å². The zero-order valence-corrected chi connectivity index (χ0v) is 13.2. The van der Waals surface area contributed by atoms with E-state index >= 15 is 0 Å². The number of benzene rings is 1. The Morgan fingerprint density at radius 3 is 2.52 bits per heavy atom. The van der Waals surface area contributed by atoms with Crippen LogP contribution in [0.3, 0.4) is 0 Å². The van der Waals surface area contributed by atoms with E-state index in [-0.39, 0.29) is 17.9 Å². The van der Waals surface area contributed by atoms with Gasteiger partial charge in [-0.15, -0.1) is 11.8 Å². The average molecular weight is 306 g/mol. The molecule has 1 aliphatic rings. The largest absolute Gasteiger partial charge is 0.353 e. The summed E-state index contributed by atoms with van der Waals surface area (Å²) in [6.07, 6.45) is 1.71. The standard InChI is InChI=1S/C16H22N2O2S/c1-13(19)18-9-7-15(8-10-18)17-16(20)12-21-11-14-5-3-2-4-6-14/h2-6,15H,7-12H2,1H3,(H,17,20). The van der Waals surface area contributed by atoms with Crippen molar-refractivity contribution in [1.82, 2.24) is 10.2 Å². The molecule has 0 atom stereocenters. The Kier molecular flexibility index (Phi) is 6.11. The van der Waals surface area contributed by atoms with Gasteiger partial charge < -0.3 is 10.2 Å². The van der Waals surface area contributed by atoms with Crippen LogP contribution >= 0.6 is 11.8 Å². The van der Waals surface area contributed by atoms with Crippen molar-refractivity contribution in [3.63, 3.8) is 0 Å². The molecule has 0 aromatic heterocycles. The first-order chi connectivity index (χ1) is 10.1. The van der Waals surface area contributed by atoms with Gasteiger partial charge in [-0.2, -0.15) is 0 Å². The molecule has 0 radical (unpaired) electrons. The number of carbonyl (C=O) groups excluding carboxylic acids is 2. The Hall–Kier alpha value is -1.49. The van der Waals surface area contributed by atoms with Crippen molar-refractivity contribution in [2.24, 2.45) is 0 Å². The second-order valence-electron chi connectivity index (χ2n) is 5.33. The van der Waals surface area contributed by atoms with Crippen molar-refractivity contribution in [3.8, 4) is 0 Å². The van der Waals surface area contributed by atoms with E-state index in [1.165, 1.54) is 5.56 Å². The number of thioether (sulfide) groups is 1. The van der Waals surface area contributed by atoms with Crippen molar-refractivity contribution < 1.29 is 9.59 Å². The third-order valence-electron chi connectivity index (χ3n) is 3.65.